The van der Waals surface area contributed by atoms with E-state index in [0.717, 1.165) is 0 Å². The molecule has 0 aliphatic rings. The van der Waals surface area contributed by atoms with Gasteiger partial charge < -0.3 is 0 Å². The Bertz CT molecular complexity index is 366. The summed E-state index contributed by atoms with van der Waals surface area (Å²) in [4.78, 5) is 0. The van der Waals surface area contributed by atoms with Crippen LogP contribution in [0.2, 0.25) is 0 Å². The van der Waals surface area contributed by atoms with Gasteiger partial charge in [-0.3, -0.25) is 0 Å². The first-order valence-electron chi connectivity index (χ1n) is 10.4. The van der Waals surface area contributed by atoms with Gasteiger partial charge in [0.1, 0.15) is 0 Å². The Morgan fingerprint density at radius 3 is 1.43 bits per heavy atom. The normalized spacial score (nSPS) is 11.0. The van der Waals surface area contributed by atoms with E-state index in [2.05, 4.69) is 38.1 Å². The van der Waals surface area contributed by atoms with E-state index in [0.29, 0.717) is 0 Å². The molecule has 1 rings (SSSR count). The highest BCUT2D eigenvalue weighted by molar-refractivity contribution is 5.26. The van der Waals surface area contributed by atoms with E-state index in [1.807, 2.05) is 0 Å². The molecule has 1 aromatic rings. The molecule has 0 saturated carbocycles. The van der Waals surface area contributed by atoms with Crippen LogP contribution in [0.1, 0.15) is 108 Å². The van der Waals surface area contributed by atoms with Crippen molar-refractivity contribution in [3.63, 3.8) is 0 Å². The maximum Gasteiger partial charge on any atom is -0.0276 e. The maximum atomic E-state index is 2.32. The SMILES string of the molecule is CCCCCCCCCCCCCCCc1ccccc1CC. The van der Waals surface area contributed by atoms with E-state index in [1.54, 1.807) is 11.1 Å². The second kappa shape index (κ2) is 14.8. The quantitative estimate of drug-likeness (QED) is 0.289. The number of hydrogen-bond donors (Lipinski definition) is 0. The molecular formula is C23H40. The maximum absolute atomic E-state index is 2.32. The first-order chi connectivity index (χ1) is 11.4. The van der Waals surface area contributed by atoms with Gasteiger partial charge in [0.05, 0.1) is 0 Å². The van der Waals surface area contributed by atoms with Gasteiger partial charge in [-0.25, -0.2) is 0 Å². The van der Waals surface area contributed by atoms with E-state index in [4.69, 9.17) is 0 Å². The molecule has 0 heterocycles. The van der Waals surface area contributed by atoms with Crippen LogP contribution >= 0.6 is 0 Å². The average molecular weight is 317 g/mol. The third-order valence-corrected chi connectivity index (χ3v) is 5.05. The second-order valence-corrected chi connectivity index (χ2v) is 7.11. The highest BCUT2D eigenvalue weighted by atomic mass is 14.1. The molecule has 0 aliphatic heterocycles. The van der Waals surface area contributed by atoms with Crippen molar-refractivity contribution in [2.45, 2.75) is 110 Å². The zero-order valence-corrected chi connectivity index (χ0v) is 15.9. The first kappa shape index (κ1) is 20.3. The summed E-state index contributed by atoms with van der Waals surface area (Å²) in [6.07, 6.45) is 21.2. The van der Waals surface area contributed by atoms with Crippen molar-refractivity contribution in [1.29, 1.82) is 0 Å². The molecule has 0 nitrogen and oxygen atoms in total. The van der Waals surface area contributed by atoms with Crippen molar-refractivity contribution >= 4 is 0 Å². The number of rotatable bonds is 15. The van der Waals surface area contributed by atoms with Gasteiger partial charge in [0.15, 0.2) is 0 Å². The predicted octanol–water partition coefficient (Wildman–Crippen LogP) is 7.88. The molecule has 0 radical (unpaired) electrons. The Kier molecular flexibility index (Phi) is 13.0. The van der Waals surface area contributed by atoms with Crippen LogP contribution in [0.15, 0.2) is 24.3 Å². The van der Waals surface area contributed by atoms with Gasteiger partial charge in [0.2, 0.25) is 0 Å². The van der Waals surface area contributed by atoms with Crippen molar-refractivity contribution in [2.75, 3.05) is 0 Å². The first-order valence-corrected chi connectivity index (χ1v) is 10.4. The van der Waals surface area contributed by atoms with Crippen LogP contribution in [0.3, 0.4) is 0 Å². The Balaban J connectivity index is 1.86. The van der Waals surface area contributed by atoms with Crippen molar-refractivity contribution < 1.29 is 0 Å². The van der Waals surface area contributed by atoms with Gasteiger partial charge in [-0.05, 0) is 30.4 Å². The van der Waals surface area contributed by atoms with Crippen molar-refractivity contribution in [1.82, 2.24) is 0 Å². The van der Waals surface area contributed by atoms with Gasteiger partial charge in [0, 0.05) is 0 Å². The van der Waals surface area contributed by atoms with E-state index < -0.39 is 0 Å². The molecule has 0 unspecified atom stereocenters. The lowest BCUT2D eigenvalue weighted by Crippen LogP contribution is -1.92. The molecule has 0 spiro atoms. The topological polar surface area (TPSA) is 0 Å². The van der Waals surface area contributed by atoms with Crippen molar-refractivity contribution in [3.8, 4) is 0 Å². The van der Waals surface area contributed by atoms with E-state index in [9.17, 15) is 0 Å². The predicted molar refractivity (Wildman–Crippen MR) is 105 cm³/mol. The molecule has 0 fully saturated rings. The van der Waals surface area contributed by atoms with Crippen LogP contribution < -0.4 is 0 Å². The summed E-state index contributed by atoms with van der Waals surface area (Å²) in [7, 11) is 0. The third kappa shape index (κ3) is 10.6. The Morgan fingerprint density at radius 1 is 0.522 bits per heavy atom. The third-order valence-electron chi connectivity index (χ3n) is 5.05. The van der Waals surface area contributed by atoms with Crippen LogP contribution in [-0.4, -0.2) is 0 Å². The zero-order valence-electron chi connectivity index (χ0n) is 15.9. The highest BCUT2D eigenvalue weighted by Gasteiger charge is 1.99. The van der Waals surface area contributed by atoms with Gasteiger partial charge in [0.25, 0.3) is 0 Å². The van der Waals surface area contributed by atoms with Gasteiger partial charge >= 0.3 is 0 Å². The molecule has 0 atom stereocenters. The fourth-order valence-corrected chi connectivity index (χ4v) is 3.48. The Hall–Kier alpha value is -0.780. The molecule has 0 saturated heterocycles. The van der Waals surface area contributed by atoms with Gasteiger partial charge in [-0.2, -0.15) is 0 Å². The minimum atomic E-state index is 1.18. The summed E-state index contributed by atoms with van der Waals surface area (Å²) in [6, 6.07) is 8.97. The van der Waals surface area contributed by atoms with Crippen LogP contribution in [0.4, 0.5) is 0 Å². The highest BCUT2D eigenvalue weighted by Crippen LogP contribution is 2.15. The second-order valence-electron chi connectivity index (χ2n) is 7.11. The monoisotopic (exact) mass is 316 g/mol. The lowest BCUT2D eigenvalue weighted by molar-refractivity contribution is 0.539. The Labute approximate surface area is 146 Å². The fourth-order valence-electron chi connectivity index (χ4n) is 3.48. The van der Waals surface area contributed by atoms with Crippen molar-refractivity contribution in [2.24, 2.45) is 0 Å². The summed E-state index contributed by atoms with van der Waals surface area (Å²) >= 11 is 0. The van der Waals surface area contributed by atoms with Crippen LogP contribution in [0, 0.1) is 0 Å². The molecule has 0 N–H and O–H groups in total. The van der Waals surface area contributed by atoms with Crippen molar-refractivity contribution in [3.05, 3.63) is 35.4 Å². The lowest BCUT2D eigenvalue weighted by atomic mass is 9.99. The summed E-state index contributed by atoms with van der Waals surface area (Å²) in [5.41, 5.74) is 3.13. The summed E-state index contributed by atoms with van der Waals surface area (Å²) in [5.74, 6) is 0. The minimum Gasteiger partial charge on any atom is -0.0654 e. The summed E-state index contributed by atoms with van der Waals surface area (Å²) in [5, 5.41) is 0. The smallest absolute Gasteiger partial charge is 0.0276 e. The van der Waals surface area contributed by atoms with E-state index >= 15 is 0 Å². The Morgan fingerprint density at radius 2 is 0.957 bits per heavy atom. The van der Waals surface area contributed by atoms with Crippen LogP contribution in [0.25, 0.3) is 0 Å². The summed E-state index contributed by atoms with van der Waals surface area (Å²) < 4.78 is 0. The zero-order chi connectivity index (χ0) is 16.6. The molecule has 23 heavy (non-hydrogen) atoms. The largest absolute Gasteiger partial charge is 0.0654 e. The molecular weight excluding hydrogens is 276 g/mol. The molecule has 1 aromatic carbocycles. The van der Waals surface area contributed by atoms with Gasteiger partial charge in [-0.15, -0.1) is 0 Å². The number of hydrogen-bond acceptors (Lipinski definition) is 0. The summed E-state index contributed by atoms with van der Waals surface area (Å²) in [6.45, 7) is 4.56. The molecule has 132 valence electrons. The standard InChI is InChI=1S/C23H40/c1-3-5-6-7-8-9-10-11-12-13-14-15-16-20-23-21-18-17-19-22(23)4-2/h17-19,21H,3-16,20H2,1-2H3. The molecule has 0 amide bonds. The molecule has 0 heteroatoms. The minimum absolute atomic E-state index is 1.18. The van der Waals surface area contributed by atoms with E-state index in [1.165, 1.54) is 96.3 Å². The van der Waals surface area contributed by atoms with Gasteiger partial charge in [-0.1, -0.05) is 115 Å². The average Bonchev–Trinajstić information content (AvgIpc) is 2.59. The molecule has 0 aliphatic carbocycles. The fraction of sp³-hybridized carbons (Fsp3) is 0.739. The molecule has 0 bridgehead atoms. The number of unbranched alkanes of at least 4 members (excludes halogenated alkanes) is 12. The van der Waals surface area contributed by atoms with Crippen LogP contribution in [0.5, 0.6) is 0 Å². The lowest BCUT2D eigenvalue weighted by Gasteiger charge is -2.07. The number of aryl methyl sites for hydroxylation is 2. The number of benzene rings is 1. The van der Waals surface area contributed by atoms with E-state index in [-0.39, 0.29) is 0 Å². The van der Waals surface area contributed by atoms with Crippen LogP contribution in [-0.2, 0) is 12.8 Å². The molecule has 0 aromatic heterocycles.